The van der Waals surface area contributed by atoms with Crippen molar-refractivity contribution in [2.75, 3.05) is 13.6 Å². The van der Waals surface area contributed by atoms with Crippen LogP contribution < -0.4 is 5.32 Å². The second-order valence-corrected chi connectivity index (χ2v) is 5.03. The summed E-state index contributed by atoms with van der Waals surface area (Å²) in [7, 11) is 2.07. The number of hydrogen-bond donors (Lipinski definition) is 1. The molecule has 1 heteroatoms. The van der Waals surface area contributed by atoms with Crippen LogP contribution in [0.2, 0.25) is 0 Å². The van der Waals surface area contributed by atoms with Gasteiger partial charge in [0.05, 0.1) is 0 Å². The van der Waals surface area contributed by atoms with E-state index in [0.29, 0.717) is 0 Å². The maximum atomic E-state index is 3.31. The third-order valence-corrected chi connectivity index (χ3v) is 3.92. The van der Waals surface area contributed by atoms with Crippen LogP contribution >= 0.6 is 0 Å². The topological polar surface area (TPSA) is 12.0 Å². The van der Waals surface area contributed by atoms with Crippen LogP contribution in [0.4, 0.5) is 0 Å². The average molecular weight is 217 g/mol. The molecule has 1 aromatic carbocycles. The quantitative estimate of drug-likeness (QED) is 0.771. The standard InChI is InChI=1S/C15H23N/c1-16-12-15-11-10-14(15)9-5-8-13-6-3-2-4-7-13/h2-4,6-7,14-16H,5,8-12H2,1H3. The van der Waals surface area contributed by atoms with Gasteiger partial charge in [0, 0.05) is 0 Å². The van der Waals surface area contributed by atoms with Crippen molar-refractivity contribution in [2.24, 2.45) is 11.8 Å². The van der Waals surface area contributed by atoms with Crippen molar-refractivity contribution in [2.45, 2.75) is 32.1 Å². The molecular formula is C15H23N. The Hall–Kier alpha value is -0.820. The summed E-state index contributed by atoms with van der Waals surface area (Å²) in [6.07, 6.45) is 6.93. The number of benzene rings is 1. The molecule has 1 saturated carbocycles. The van der Waals surface area contributed by atoms with Gasteiger partial charge < -0.3 is 5.32 Å². The van der Waals surface area contributed by atoms with Crippen molar-refractivity contribution in [1.82, 2.24) is 5.32 Å². The Labute approximate surface area is 99.3 Å². The Morgan fingerprint density at radius 3 is 2.50 bits per heavy atom. The molecule has 2 rings (SSSR count). The van der Waals surface area contributed by atoms with Crippen molar-refractivity contribution in [3.05, 3.63) is 35.9 Å². The van der Waals surface area contributed by atoms with E-state index in [0.717, 1.165) is 11.8 Å². The van der Waals surface area contributed by atoms with Crippen LogP contribution in [-0.2, 0) is 6.42 Å². The van der Waals surface area contributed by atoms with E-state index in [4.69, 9.17) is 0 Å². The van der Waals surface area contributed by atoms with Crippen LogP contribution in [0, 0.1) is 11.8 Å². The zero-order valence-electron chi connectivity index (χ0n) is 10.3. The Bertz CT molecular complexity index is 294. The summed E-state index contributed by atoms with van der Waals surface area (Å²) in [6, 6.07) is 10.9. The van der Waals surface area contributed by atoms with Gasteiger partial charge in [-0.3, -0.25) is 0 Å². The number of hydrogen-bond acceptors (Lipinski definition) is 1. The molecule has 1 aliphatic carbocycles. The number of nitrogens with one attached hydrogen (secondary N) is 1. The summed E-state index contributed by atoms with van der Waals surface area (Å²) in [5, 5.41) is 3.31. The predicted molar refractivity (Wildman–Crippen MR) is 69.5 cm³/mol. The first-order chi connectivity index (χ1) is 7.90. The van der Waals surface area contributed by atoms with Crippen LogP contribution in [0.5, 0.6) is 0 Å². The molecule has 1 N–H and O–H groups in total. The smallest absolute Gasteiger partial charge is 0.00209 e. The van der Waals surface area contributed by atoms with Crippen molar-refractivity contribution >= 4 is 0 Å². The zero-order valence-corrected chi connectivity index (χ0v) is 10.3. The molecule has 1 aromatic rings. The SMILES string of the molecule is CNCC1CCC1CCCc1ccccc1. The fourth-order valence-corrected chi connectivity index (χ4v) is 2.76. The van der Waals surface area contributed by atoms with E-state index in [1.165, 1.54) is 44.2 Å². The van der Waals surface area contributed by atoms with Gasteiger partial charge in [0.15, 0.2) is 0 Å². The summed E-state index contributed by atoms with van der Waals surface area (Å²) in [5.74, 6) is 1.96. The molecule has 0 bridgehead atoms. The van der Waals surface area contributed by atoms with Gasteiger partial charge in [-0.25, -0.2) is 0 Å². The normalized spacial score (nSPS) is 24.1. The van der Waals surface area contributed by atoms with E-state index in [2.05, 4.69) is 42.7 Å². The van der Waals surface area contributed by atoms with Gasteiger partial charge in [-0.05, 0) is 63.1 Å². The molecule has 0 spiro atoms. The van der Waals surface area contributed by atoms with Gasteiger partial charge in [-0.15, -0.1) is 0 Å². The Morgan fingerprint density at radius 2 is 1.88 bits per heavy atom. The highest BCUT2D eigenvalue weighted by Crippen LogP contribution is 2.37. The van der Waals surface area contributed by atoms with Gasteiger partial charge >= 0.3 is 0 Å². The zero-order chi connectivity index (χ0) is 11.2. The predicted octanol–water partition coefficient (Wildman–Crippen LogP) is 3.25. The Balaban J connectivity index is 1.65. The summed E-state index contributed by atoms with van der Waals surface area (Å²) < 4.78 is 0. The first kappa shape index (κ1) is 11.7. The van der Waals surface area contributed by atoms with Gasteiger partial charge in [0.25, 0.3) is 0 Å². The van der Waals surface area contributed by atoms with E-state index < -0.39 is 0 Å². The molecule has 88 valence electrons. The van der Waals surface area contributed by atoms with E-state index >= 15 is 0 Å². The number of rotatable bonds is 6. The second-order valence-electron chi connectivity index (χ2n) is 5.03. The third kappa shape index (κ3) is 3.08. The van der Waals surface area contributed by atoms with Gasteiger partial charge in [0.1, 0.15) is 0 Å². The summed E-state index contributed by atoms with van der Waals surface area (Å²) in [4.78, 5) is 0. The highest BCUT2D eigenvalue weighted by Gasteiger charge is 2.29. The first-order valence-corrected chi connectivity index (χ1v) is 6.58. The molecule has 2 atom stereocenters. The van der Waals surface area contributed by atoms with Crippen molar-refractivity contribution in [3.8, 4) is 0 Å². The molecule has 0 aliphatic heterocycles. The summed E-state index contributed by atoms with van der Waals surface area (Å²) >= 11 is 0. The molecule has 0 amide bonds. The fourth-order valence-electron chi connectivity index (χ4n) is 2.76. The summed E-state index contributed by atoms with van der Waals surface area (Å²) in [6.45, 7) is 1.22. The maximum absolute atomic E-state index is 3.31. The van der Waals surface area contributed by atoms with Crippen LogP contribution in [0.25, 0.3) is 0 Å². The van der Waals surface area contributed by atoms with E-state index in [-0.39, 0.29) is 0 Å². The molecular weight excluding hydrogens is 194 g/mol. The van der Waals surface area contributed by atoms with Gasteiger partial charge in [-0.1, -0.05) is 30.3 Å². The third-order valence-electron chi connectivity index (χ3n) is 3.92. The molecule has 16 heavy (non-hydrogen) atoms. The Kier molecular flexibility index (Phi) is 4.41. The Morgan fingerprint density at radius 1 is 1.12 bits per heavy atom. The van der Waals surface area contributed by atoms with Crippen LogP contribution in [-0.4, -0.2) is 13.6 Å². The van der Waals surface area contributed by atoms with Crippen LogP contribution in [0.15, 0.2) is 30.3 Å². The lowest BCUT2D eigenvalue weighted by molar-refractivity contribution is 0.160. The lowest BCUT2D eigenvalue weighted by Crippen LogP contribution is -2.33. The molecule has 2 unspecified atom stereocenters. The summed E-state index contributed by atoms with van der Waals surface area (Å²) in [5.41, 5.74) is 1.49. The van der Waals surface area contributed by atoms with E-state index in [1.54, 1.807) is 0 Å². The van der Waals surface area contributed by atoms with Gasteiger partial charge in [-0.2, -0.15) is 0 Å². The molecule has 1 fully saturated rings. The van der Waals surface area contributed by atoms with Gasteiger partial charge in [0.2, 0.25) is 0 Å². The minimum atomic E-state index is 0.959. The highest BCUT2D eigenvalue weighted by molar-refractivity contribution is 5.14. The van der Waals surface area contributed by atoms with Crippen molar-refractivity contribution in [1.29, 1.82) is 0 Å². The first-order valence-electron chi connectivity index (χ1n) is 6.58. The molecule has 0 heterocycles. The molecule has 1 aliphatic rings. The van der Waals surface area contributed by atoms with Crippen LogP contribution in [0.3, 0.4) is 0 Å². The molecule has 1 nitrogen and oxygen atoms in total. The van der Waals surface area contributed by atoms with Crippen molar-refractivity contribution < 1.29 is 0 Å². The van der Waals surface area contributed by atoms with E-state index in [9.17, 15) is 0 Å². The average Bonchev–Trinajstić information content (AvgIpc) is 2.31. The maximum Gasteiger partial charge on any atom is -0.00209 e. The van der Waals surface area contributed by atoms with E-state index in [1.807, 2.05) is 0 Å². The lowest BCUT2D eigenvalue weighted by Gasteiger charge is -2.36. The molecule has 0 radical (unpaired) electrons. The fraction of sp³-hybridized carbons (Fsp3) is 0.600. The minimum Gasteiger partial charge on any atom is -0.319 e. The second kappa shape index (κ2) is 6.05. The largest absolute Gasteiger partial charge is 0.319 e. The van der Waals surface area contributed by atoms with Crippen LogP contribution in [0.1, 0.15) is 31.2 Å². The highest BCUT2D eigenvalue weighted by atomic mass is 14.8. The lowest BCUT2D eigenvalue weighted by atomic mass is 9.71. The number of aryl methyl sites for hydroxylation is 1. The van der Waals surface area contributed by atoms with Crippen molar-refractivity contribution in [3.63, 3.8) is 0 Å². The minimum absolute atomic E-state index is 0.959. The molecule has 0 aromatic heterocycles. The molecule has 0 saturated heterocycles. The monoisotopic (exact) mass is 217 g/mol.